The third-order valence-electron chi connectivity index (χ3n) is 5.39. The number of amides is 1. The highest BCUT2D eigenvalue weighted by Crippen LogP contribution is 2.50. The molecule has 0 radical (unpaired) electrons. The molecule has 1 heterocycles. The number of likely N-dealkylation sites (tertiary alicyclic amines) is 1. The zero-order valence-electron chi connectivity index (χ0n) is 15.0. The van der Waals surface area contributed by atoms with Crippen LogP contribution in [0.5, 0.6) is 0 Å². The number of piperidine rings is 1. The molecule has 3 heteroatoms. The normalized spacial score (nSPS) is 23.7. The summed E-state index contributed by atoms with van der Waals surface area (Å²) in [6.07, 6.45) is 3.47. The number of benzene rings is 1. The van der Waals surface area contributed by atoms with Gasteiger partial charge in [0.15, 0.2) is 0 Å². The van der Waals surface area contributed by atoms with Crippen LogP contribution >= 0.6 is 0 Å². The molecule has 1 N–H and O–H groups in total. The van der Waals surface area contributed by atoms with Gasteiger partial charge in [0.1, 0.15) is 0 Å². The van der Waals surface area contributed by atoms with Crippen molar-refractivity contribution < 1.29 is 4.79 Å². The summed E-state index contributed by atoms with van der Waals surface area (Å²) in [6.45, 7) is 12.1. The molecule has 1 amide bonds. The van der Waals surface area contributed by atoms with E-state index < -0.39 is 0 Å². The molecule has 3 rings (SSSR count). The van der Waals surface area contributed by atoms with E-state index in [4.69, 9.17) is 0 Å². The lowest BCUT2D eigenvalue weighted by Crippen LogP contribution is -2.44. The SMILES string of the molecule is CC(=O)N[C@H]1CC2(CCN(CC(C)(C)C)CC2)c2ccccc21. The van der Waals surface area contributed by atoms with E-state index in [1.54, 1.807) is 6.92 Å². The van der Waals surface area contributed by atoms with Crippen molar-refractivity contribution >= 4 is 5.91 Å². The lowest BCUT2D eigenvalue weighted by Gasteiger charge is -2.42. The molecule has 0 aromatic heterocycles. The second-order valence-electron chi connectivity index (χ2n) is 8.66. The Labute approximate surface area is 140 Å². The molecule has 1 aliphatic heterocycles. The Hall–Kier alpha value is -1.35. The quantitative estimate of drug-likeness (QED) is 0.904. The van der Waals surface area contributed by atoms with Gasteiger partial charge in [-0.05, 0) is 48.9 Å². The van der Waals surface area contributed by atoms with Crippen LogP contribution in [0.2, 0.25) is 0 Å². The molecule has 2 aliphatic rings. The zero-order chi connectivity index (χ0) is 16.7. The number of hydrogen-bond donors (Lipinski definition) is 1. The van der Waals surface area contributed by atoms with Gasteiger partial charge in [0.05, 0.1) is 6.04 Å². The van der Waals surface area contributed by atoms with Gasteiger partial charge in [0.25, 0.3) is 0 Å². The summed E-state index contributed by atoms with van der Waals surface area (Å²) in [5.74, 6) is 0.0759. The Morgan fingerprint density at radius 1 is 1.26 bits per heavy atom. The van der Waals surface area contributed by atoms with Crippen molar-refractivity contribution in [2.45, 2.75) is 58.4 Å². The number of nitrogens with zero attached hydrogens (tertiary/aromatic N) is 1. The van der Waals surface area contributed by atoms with Crippen LogP contribution in [0.25, 0.3) is 0 Å². The third kappa shape index (κ3) is 3.45. The molecule has 1 saturated heterocycles. The molecule has 23 heavy (non-hydrogen) atoms. The minimum atomic E-state index is 0.0759. The Morgan fingerprint density at radius 2 is 1.91 bits per heavy atom. The maximum Gasteiger partial charge on any atom is 0.217 e. The summed E-state index contributed by atoms with van der Waals surface area (Å²) >= 11 is 0. The van der Waals surface area contributed by atoms with Crippen molar-refractivity contribution in [3.05, 3.63) is 35.4 Å². The lowest BCUT2D eigenvalue weighted by molar-refractivity contribution is -0.119. The van der Waals surface area contributed by atoms with Gasteiger partial charge in [-0.25, -0.2) is 0 Å². The molecule has 1 fully saturated rings. The highest BCUT2D eigenvalue weighted by Gasteiger charge is 2.45. The van der Waals surface area contributed by atoms with Crippen molar-refractivity contribution in [3.63, 3.8) is 0 Å². The minimum Gasteiger partial charge on any atom is -0.349 e. The standard InChI is InChI=1S/C20H30N2O/c1-15(23)21-18-13-20(17-8-6-5-7-16(17)18)9-11-22(12-10-20)14-19(2,3)4/h5-8,18H,9-14H2,1-4H3,(H,21,23)/t18-/m0/s1. The van der Waals surface area contributed by atoms with Crippen molar-refractivity contribution in [1.29, 1.82) is 0 Å². The highest BCUT2D eigenvalue weighted by molar-refractivity contribution is 5.73. The predicted molar refractivity (Wildman–Crippen MR) is 94.4 cm³/mol. The van der Waals surface area contributed by atoms with Crippen LogP contribution in [-0.2, 0) is 10.2 Å². The van der Waals surface area contributed by atoms with E-state index in [1.165, 1.54) is 43.6 Å². The molecular weight excluding hydrogens is 284 g/mol. The summed E-state index contributed by atoms with van der Waals surface area (Å²) in [7, 11) is 0. The molecular formula is C20H30N2O. The fraction of sp³-hybridized carbons (Fsp3) is 0.650. The van der Waals surface area contributed by atoms with Crippen LogP contribution in [0.1, 0.15) is 64.1 Å². The third-order valence-corrected chi connectivity index (χ3v) is 5.39. The fourth-order valence-electron chi connectivity index (χ4n) is 4.55. The predicted octanol–water partition coefficient (Wildman–Crippen LogP) is 3.65. The molecule has 1 atom stereocenters. The number of rotatable bonds is 2. The molecule has 1 aromatic carbocycles. The molecule has 0 saturated carbocycles. The first-order valence-electron chi connectivity index (χ1n) is 8.88. The van der Waals surface area contributed by atoms with Gasteiger partial charge in [-0.1, -0.05) is 45.0 Å². The number of carbonyl (C=O) groups excluding carboxylic acids is 1. The first-order valence-corrected chi connectivity index (χ1v) is 8.88. The smallest absolute Gasteiger partial charge is 0.217 e. The van der Waals surface area contributed by atoms with Gasteiger partial charge < -0.3 is 10.2 Å². The van der Waals surface area contributed by atoms with Crippen molar-refractivity contribution in [2.24, 2.45) is 5.41 Å². The van der Waals surface area contributed by atoms with Crippen LogP contribution in [0.3, 0.4) is 0 Å². The van der Waals surface area contributed by atoms with Crippen molar-refractivity contribution in [3.8, 4) is 0 Å². The maximum absolute atomic E-state index is 11.6. The van der Waals surface area contributed by atoms with E-state index in [9.17, 15) is 4.79 Å². The first-order chi connectivity index (χ1) is 10.8. The molecule has 1 aromatic rings. The number of nitrogens with one attached hydrogen (secondary N) is 1. The van der Waals surface area contributed by atoms with E-state index in [1.807, 2.05) is 0 Å². The van der Waals surface area contributed by atoms with Gasteiger partial charge in [-0.15, -0.1) is 0 Å². The topological polar surface area (TPSA) is 32.3 Å². The number of fused-ring (bicyclic) bond motifs is 2. The van der Waals surface area contributed by atoms with E-state index in [0.29, 0.717) is 5.41 Å². The lowest BCUT2D eigenvalue weighted by atomic mass is 9.73. The summed E-state index contributed by atoms with van der Waals surface area (Å²) in [5, 5.41) is 3.17. The molecule has 0 bridgehead atoms. The Bertz CT molecular complexity index is 580. The van der Waals surface area contributed by atoms with Gasteiger partial charge in [-0.2, -0.15) is 0 Å². The Balaban J connectivity index is 1.78. The average Bonchev–Trinajstić information content (AvgIpc) is 2.75. The second kappa shape index (κ2) is 5.94. The fourth-order valence-corrected chi connectivity index (χ4v) is 4.55. The number of carbonyl (C=O) groups is 1. The summed E-state index contributed by atoms with van der Waals surface area (Å²) in [5.41, 5.74) is 3.44. The van der Waals surface area contributed by atoms with Gasteiger partial charge in [0, 0.05) is 18.9 Å². The monoisotopic (exact) mass is 314 g/mol. The summed E-state index contributed by atoms with van der Waals surface area (Å²) in [4.78, 5) is 14.2. The van der Waals surface area contributed by atoms with Crippen molar-refractivity contribution in [1.82, 2.24) is 10.2 Å². The zero-order valence-corrected chi connectivity index (χ0v) is 15.0. The van der Waals surface area contributed by atoms with Crippen LogP contribution in [-0.4, -0.2) is 30.4 Å². The largest absolute Gasteiger partial charge is 0.349 e. The first kappa shape index (κ1) is 16.5. The van der Waals surface area contributed by atoms with E-state index >= 15 is 0 Å². The summed E-state index contributed by atoms with van der Waals surface area (Å²) in [6, 6.07) is 8.93. The van der Waals surface area contributed by atoms with E-state index in [0.717, 1.165) is 6.42 Å². The molecule has 1 aliphatic carbocycles. The molecule has 3 nitrogen and oxygen atoms in total. The van der Waals surface area contributed by atoms with Crippen molar-refractivity contribution in [2.75, 3.05) is 19.6 Å². The van der Waals surface area contributed by atoms with Crippen LogP contribution in [0.4, 0.5) is 0 Å². The van der Waals surface area contributed by atoms with Crippen LogP contribution < -0.4 is 5.32 Å². The maximum atomic E-state index is 11.6. The van der Waals surface area contributed by atoms with Crippen LogP contribution in [0.15, 0.2) is 24.3 Å². The van der Waals surface area contributed by atoms with E-state index in [-0.39, 0.29) is 17.4 Å². The molecule has 126 valence electrons. The average molecular weight is 314 g/mol. The Kier molecular flexibility index (Phi) is 4.26. The molecule has 0 unspecified atom stereocenters. The Morgan fingerprint density at radius 3 is 2.52 bits per heavy atom. The molecule has 1 spiro atoms. The summed E-state index contributed by atoms with van der Waals surface area (Å²) < 4.78 is 0. The van der Waals surface area contributed by atoms with Gasteiger partial charge in [-0.3, -0.25) is 4.79 Å². The highest BCUT2D eigenvalue weighted by atomic mass is 16.1. The van der Waals surface area contributed by atoms with E-state index in [2.05, 4.69) is 55.3 Å². The van der Waals surface area contributed by atoms with Gasteiger partial charge >= 0.3 is 0 Å². The number of hydrogen-bond acceptors (Lipinski definition) is 2. The van der Waals surface area contributed by atoms with Gasteiger partial charge in [0.2, 0.25) is 5.91 Å². The second-order valence-corrected chi connectivity index (χ2v) is 8.66. The minimum absolute atomic E-state index is 0.0759. The van der Waals surface area contributed by atoms with Crippen LogP contribution in [0, 0.1) is 5.41 Å².